The van der Waals surface area contributed by atoms with Crippen LogP contribution in [0.5, 0.6) is 0 Å². The number of anilines is 1. The molecule has 0 spiro atoms. The molecule has 0 atom stereocenters. The van der Waals surface area contributed by atoms with Crippen molar-refractivity contribution in [3.63, 3.8) is 0 Å². The van der Waals surface area contributed by atoms with Crippen LogP contribution in [0.4, 0.5) is 5.82 Å². The molecule has 3 aromatic rings. The maximum Gasteiger partial charge on any atom is 0.224 e. The molecule has 1 aliphatic rings. The molecule has 0 N–H and O–H groups in total. The smallest absolute Gasteiger partial charge is 0.224 e. The number of nitrogens with zero attached hydrogens (tertiary/aromatic N) is 4. The molecule has 0 bridgehead atoms. The van der Waals surface area contributed by atoms with Gasteiger partial charge in [-0.05, 0) is 29.3 Å². The average molecular weight is 339 g/mol. The molecular weight excluding hydrogens is 320 g/mol. The van der Waals surface area contributed by atoms with Crippen molar-refractivity contribution in [1.82, 2.24) is 14.9 Å². The van der Waals surface area contributed by atoms with E-state index in [9.17, 15) is 0 Å². The summed E-state index contributed by atoms with van der Waals surface area (Å²) in [5.41, 5.74) is 2.26. The second kappa shape index (κ2) is 6.75. The van der Waals surface area contributed by atoms with Gasteiger partial charge in [-0.15, -0.1) is 0 Å². The third kappa shape index (κ3) is 3.21. The first kappa shape index (κ1) is 15.4. The Labute approximate surface area is 146 Å². The molecule has 5 heteroatoms. The van der Waals surface area contributed by atoms with Gasteiger partial charge in [0.05, 0.1) is 5.52 Å². The molecular formula is C19H19ClN4. The molecule has 0 amide bonds. The summed E-state index contributed by atoms with van der Waals surface area (Å²) < 4.78 is 0. The summed E-state index contributed by atoms with van der Waals surface area (Å²) in [4.78, 5) is 13.6. The lowest BCUT2D eigenvalue weighted by Crippen LogP contribution is -2.46. The van der Waals surface area contributed by atoms with Crippen LogP contribution in [0.25, 0.3) is 10.9 Å². The van der Waals surface area contributed by atoms with E-state index in [-0.39, 0.29) is 0 Å². The normalized spacial score (nSPS) is 15.8. The van der Waals surface area contributed by atoms with Gasteiger partial charge >= 0.3 is 0 Å². The first-order chi connectivity index (χ1) is 11.8. The minimum absolute atomic E-state index is 0.315. The van der Waals surface area contributed by atoms with Crippen molar-refractivity contribution in [2.24, 2.45) is 0 Å². The average Bonchev–Trinajstić information content (AvgIpc) is 2.62. The Morgan fingerprint density at radius 1 is 0.833 bits per heavy atom. The van der Waals surface area contributed by atoms with Crippen LogP contribution in [-0.4, -0.2) is 41.0 Å². The van der Waals surface area contributed by atoms with Gasteiger partial charge < -0.3 is 4.90 Å². The number of hydrogen-bond donors (Lipinski definition) is 0. The number of hydrogen-bond acceptors (Lipinski definition) is 4. The third-order valence-electron chi connectivity index (χ3n) is 4.48. The lowest BCUT2D eigenvalue weighted by atomic mass is 10.2. The minimum atomic E-state index is 0.315. The van der Waals surface area contributed by atoms with Crippen molar-refractivity contribution >= 4 is 28.3 Å². The summed E-state index contributed by atoms with van der Waals surface area (Å²) in [6.07, 6.45) is 0. The molecule has 1 fully saturated rings. The van der Waals surface area contributed by atoms with Crippen molar-refractivity contribution in [1.29, 1.82) is 0 Å². The predicted molar refractivity (Wildman–Crippen MR) is 98.5 cm³/mol. The van der Waals surface area contributed by atoms with Gasteiger partial charge in [0.25, 0.3) is 0 Å². The molecule has 0 saturated carbocycles. The summed E-state index contributed by atoms with van der Waals surface area (Å²) in [6.45, 7) is 4.93. The first-order valence-electron chi connectivity index (χ1n) is 8.23. The van der Waals surface area contributed by atoms with E-state index < -0.39 is 0 Å². The molecule has 1 aliphatic heterocycles. The van der Waals surface area contributed by atoms with E-state index in [0.717, 1.165) is 49.4 Å². The molecule has 4 nitrogen and oxygen atoms in total. The predicted octanol–water partition coefficient (Wildman–Crippen LogP) is 3.61. The van der Waals surface area contributed by atoms with Gasteiger partial charge in [-0.2, -0.15) is 4.98 Å². The van der Waals surface area contributed by atoms with E-state index in [2.05, 4.69) is 56.2 Å². The van der Waals surface area contributed by atoms with Gasteiger partial charge in [0.1, 0.15) is 5.82 Å². The van der Waals surface area contributed by atoms with Crippen LogP contribution < -0.4 is 4.90 Å². The number of halogens is 1. The molecule has 0 radical (unpaired) electrons. The molecule has 2 heterocycles. The van der Waals surface area contributed by atoms with Crippen molar-refractivity contribution < 1.29 is 0 Å². The van der Waals surface area contributed by atoms with E-state index in [4.69, 9.17) is 11.6 Å². The lowest BCUT2D eigenvalue weighted by Gasteiger charge is -2.35. The Morgan fingerprint density at radius 2 is 1.54 bits per heavy atom. The summed E-state index contributed by atoms with van der Waals surface area (Å²) in [6, 6.07) is 18.7. The first-order valence-corrected chi connectivity index (χ1v) is 8.61. The van der Waals surface area contributed by atoms with E-state index in [1.54, 1.807) is 0 Å². The van der Waals surface area contributed by atoms with E-state index in [1.165, 1.54) is 5.56 Å². The van der Waals surface area contributed by atoms with Crippen molar-refractivity contribution in [2.45, 2.75) is 6.54 Å². The highest BCUT2D eigenvalue weighted by Gasteiger charge is 2.20. The number of piperazine rings is 1. The van der Waals surface area contributed by atoms with Crippen LogP contribution in [0.1, 0.15) is 5.56 Å². The number of fused-ring (bicyclic) bond motifs is 1. The number of rotatable bonds is 3. The Bertz CT molecular complexity index is 829. The molecule has 1 saturated heterocycles. The highest BCUT2D eigenvalue weighted by atomic mass is 35.5. The van der Waals surface area contributed by atoms with E-state index >= 15 is 0 Å². The van der Waals surface area contributed by atoms with Crippen LogP contribution >= 0.6 is 11.6 Å². The number of para-hydroxylation sites is 1. The van der Waals surface area contributed by atoms with Crippen molar-refractivity contribution in [3.05, 3.63) is 65.4 Å². The minimum Gasteiger partial charge on any atom is -0.353 e. The third-order valence-corrected chi connectivity index (χ3v) is 4.65. The van der Waals surface area contributed by atoms with Gasteiger partial charge in [0.15, 0.2) is 0 Å². The maximum atomic E-state index is 6.12. The second-order valence-corrected chi connectivity index (χ2v) is 6.42. The Hall–Kier alpha value is -2.17. The molecule has 0 aliphatic carbocycles. The van der Waals surface area contributed by atoms with Crippen molar-refractivity contribution in [2.75, 3.05) is 31.1 Å². The monoisotopic (exact) mass is 338 g/mol. The lowest BCUT2D eigenvalue weighted by molar-refractivity contribution is 0.249. The second-order valence-electron chi connectivity index (χ2n) is 6.08. The molecule has 24 heavy (non-hydrogen) atoms. The Kier molecular flexibility index (Phi) is 4.32. The van der Waals surface area contributed by atoms with Crippen LogP contribution in [0.2, 0.25) is 5.28 Å². The highest BCUT2D eigenvalue weighted by Crippen LogP contribution is 2.26. The Morgan fingerprint density at radius 3 is 2.33 bits per heavy atom. The van der Waals surface area contributed by atoms with Crippen LogP contribution in [-0.2, 0) is 6.54 Å². The fourth-order valence-corrected chi connectivity index (χ4v) is 3.40. The molecule has 2 aromatic carbocycles. The van der Waals surface area contributed by atoms with Crippen LogP contribution in [0.15, 0.2) is 54.6 Å². The Balaban J connectivity index is 1.50. The molecule has 0 unspecified atom stereocenters. The molecule has 122 valence electrons. The largest absolute Gasteiger partial charge is 0.353 e. The zero-order valence-electron chi connectivity index (χ0n) is 13.4. The fraction of sp³-hybridized carbons (Fsp3) is 0.263. The number of benzene rings is 2. The van der Waals surface area contributed by atoms with Crippen LogP contribution in [0, 0.1) is 0 Å². The van der Waals surface area contributed by atoms with Crippen molar-refractivity contribution in [3.8, 4) is 0 Å². The summed E-state index contributed by atoms with van der Waals surface area (Å²) in [7, 11) is 0. The van der Waals surface area contributed by atoms with Gasteiger partial charge in [0, 0.05) is 38.1 Å². The van der Waals surface area contributed by atoms with Gasteiger partial charge in [0.2, 0.25) is 5.28 Å². The summed E-state index contributed by atoms with van der Waals surface area (Å²) in [5.74, 6) is 0.949. The van der Waals surface area contributed by atoms with Gasteiger partial charge in [-0.1, -0.05) is 42.5 Å². The highest BCUT2D eigenvalue weighted by molar-refractivity contribution is 6.28. The zero-order valence-corrected chi connectivity index (χ0v) is 14.2. The SMILES string of the molecule is Clc1nc(N2CCN(Cc3ccccc3)CC2)c2ccccc2n1. The summed E-state index contributed by atoms with van der Waals surface area (Å²) in [5, 5.41) is 1.38. The fourth-order valence-electron chi connectivity index (χ4n) is 3.23. The maximum absolute atomic E-state index is 6.12. The van der Waals surface area contributed by atoms with Crippen LogP contribution in [0.3, 0.4) is 0 Å². The number of aromatic nitrogens is 2. The van der Waals surface area contributed by atoms with E-state index in [1.807, 2.05) is 18.2 Å². The topological polar surface area (TPSA) is 32.3 Å². The summed E-state index contributed by atoms with van der Waals surface area (Å²) >= 11 is 6.12. The van der Waals surface area contributed by atoms with Gasteiger partial charge in [-0.25, -0.2) is 4.98 Å². The van der Waals surface area contributed by atoms with Gasteiger partial charge in [-0.3, -0.25) is 4.90 Å². The molecule has 1 aromatic heterocycles. The zero-order chi connectivity index (χ0) is 16.4. The quantitative estimate of drug-likeness (QED) is 0.683. The standard InChI is InChI=1S/C19H19ClN4/c20-19-21-17-9-5-4-8-16(17)18(22-19)24-12-10-23(11-13-24)14-15-6-2-1-3-7-15/h1-9H,10-14H2. The van der Waals surface area contributed by atoms with E-state index in [0.29, 0.717) is 5.28 Å². The molecule has 4 rings (SSSR count).